The Morgan fingerprint density at radius 1 is 1.30 bits per heavy atom. The van der Waals surface area contributed by atoms with Crippen LogP contribution in [-0.2, 0) is 17.5 Å². The Hall–Kier alpha value is -1.56. The summed E-state index contributed by atoms with van der Waals surface area (Å²) in [6, 6.07) is 4.82. The maximum absolute atomic E-state index is 12.4. The fourth-order valence-corrected chi connectivity index (χ4v) is 1.70. The van der Waals surface area contributed by atoms with Gasteiger partial charge in [-0.2, -0.15) is 13.2 Å². The smallest absolute Gasteiger partial charge is 0.341 e. The van der Waals surface area contributed by atoms with Crippen LogP contribution < -0.4 is 5.73 Å². The quantitative estimate of drug-likeness (QED) is 0.905. The third kappa shape index (κ3) is 4.85. The lowest BCUT2D eigenvalue weighted by Gasteiger charge is -2.19. The van der Waals surface area contributed by atoms with E-state index in [0.29, 0.717) is 18.5 Å². The van der Waals surface area contributed by atoms with Gasteiger partial charge in [0.05, 0.1) is 5.56 Å². The predicted octanol–water partition coefficient (Wildman–Crippen LogP) is 2.65. The van der Waals surface area contributed by atoms with Gasteiger partial charge in [0, 0.05) is 20.0 Å². The molecule has 0 aromatic heterocycles. The van der Waals surface area contributed by atoms with E-state index < -0.39 is 11.7 Å². The van der Waals surface area contributed by atoms with Crippen LogP contribution in [0, 0.1) is 5.92 Å². The van der Waals surface area contributed by atoms with Crippen molar-refractivity contribution < 1.29 is 18.0 Å². The molecular formula is C14H19F3N2O. The van der Waals surface area contributed by atoms with Crippen molar-refractivity contribution in [1.82, 2.24) is 4.90 Å². The lowest BCUT2D eigenvalue weighted by Crippen LogP contribution is -2.29. The molecule has 1 rings (SSSR count). The van der Waals surface area contributed by atoms with Crippen molar-refractivity contribution in [3.05, 3.63) is 35.4 Å². The van der Waals surface area contributed by atoms with E-state index in [1.165, 1.54) is 17.0 Å². The fourth-order valence-electron chi connectivity index (χ4n) is 1.70. The fraction of sp³-hybridized carbons (Fsp3) is 0.500. The molecule has 6 heteroatoms. The Labute approximate surface area is 116 Å². The van der Waals surface area contributed by atoms with Gasteiger partial charge in [0.15, 0.2) is 0 Å². The summed E-state index contributed by atoms with van der Waals surface area (Å²) in [5.41, 5.74) is 5.43. The number of alkyl halides is 3. The van der Waals surface area contributed by atoms with Gasteiger partial charge >= 0.3 is 6.18 Å². The van der Waals surface area contributed by atoms with Gasteiger partial charge in [-0.1, -0.05) is 19.1 Å². The number of carbonyl (C=O) groups excluding carboxylic acids is 1. The minimum Gasteiger partial charge on any atom is -0.341 e. The number of nitrogens with two attached hydrogens (primary N) is 1. The largest absolute Gasteiger partial charge is 0.416 e. The van der Waals surface area contributed by atoms with Gasteiger partial charge in [-0.15, -0.1) is 0 Å². The summed E-state index contributed by atoms with van der Waals surface area (Å²) < 4.78 is 37.2. The minimum atomic E-state index is -4.34. The maximum Gasteiger partial charge on any atom is 0.416 e. The molecule has 0 fully saturated rings. The van der Waals surface area contributed by atoms with E-state index in [9.17, 15) is 18.0 Å². The first-order valence-corrected chi connectivity index (χ1v) is 6.34. The van der Waals surface area contributed by atoms with Crippen molar-refractivity contribution in [2.45, 2.75) is 26.1 Å². The third-order valence-corrected chi connectivity index (χ3v) is 3.05. The molecule has 0 saturated heterocycles. The van der Waals surface area contributed by atoms with Crippen molar-refractivity contribution in [3.8, 4) is 0 Å². The lowest BCUT2D eigenvalue weighted by molar-refractivity contribution is -0.137. The molecule has 0 heterocycles. The van der Waals surface area contributed by atoms with E-state index in [1.54, 1.807) is 7.05 Å². The van der Waals surface area contributed by atoms with Gasteiger partial charge in [-0.05, 0) is 30.2 Å². The molecule has 20 heavy (non-hydrogen) atoms. The van der Waals surface area contributed by atoms with Crippen LogP contribution in [0.3, 0.4) is 0 Å². The Morgan fingerprint density at radius 3 is 2.30 bits per heavy atom. The Kier molecular flexibility index (Phi) is 5.56. The van der Waals surface area contributed by atoms with E-state index in [1.807, 2.05) is 6.92 Å². The number of hydrogen-bond acceptors (Lipinski definition) is 2. The molecule has 0 spiro atoms. The summed E-state index contributed by atoms with van der Waals surface area (Å²) in [6.07, 6.45) is -4.00. The average molecular weight is 288 g/mol. The van der Waals surface area contributed by atoms with Gasteiger partial charge in [-0.3, -0.25) is 4.79 Å². The Morgan fingerprint density at radius 2 is 1.85 bits per heavy atom. The second-order valence-electron chi connectivity index (χ2n) is 4.99. The molecular weight excluding hydrogens is 269 g/mol. The first-order valence-electron chi connectivity index (χ1n) is 6.34. The Bertz CT molecular complexity index is 443. The summed E-state index contributed by atoms with van der Waals surface area (Å²) in [4.78, 5) is 13.3. The summed E-state index contributed by atoms with van der Waals surface area (Å²) in [5, 5.41) is 0. The normalized spacial score (nSPS) is 13.1. The zero-order chi connectivity index (χ0) is 15.3. The number of carbonyl (C=O) groups is 1. The van der Waals surface area contributed by atoms with Gasteiger partial charge in [0.1, 0.15) is 0 Å². The molecule has 0 aliphatic rings. The van der Waals surface area contributed by atoms with Crippen molar-refractivity contribution in [2.75, 3.05) is 13.6 Å². The molecule has 1 unspecified atom stereocenters. The van der Waals surface area contributed by atoms with Crippen LogP contribution in [0.5, 0.6) is 0 Å². The standard InChI is InChI=1S/C14H19F3N2O/c1-10(8-18)7-13(20)19(2)9-11-3-5-12(6-4-11)14(15,16)17/h3-6,10H,7-9,18H2,1-2H3. The summed E-state index contributed by atoms with van der Waals surface area (Å²) in [5.74, 6) is 0.0282. The topological polar surface area (TPSA) is 46.3 Å². The molecule has 1 aromatic carbocycles. The molecule has 0 aliphatic heterocycles. The molecule has 2 N–H and O–H groups in total. The summed E-state index contributed by atoms with van der Waals surface area (Å²) in [6.45, 7) is 2.60. The maximum atomic E-state index is 12.4. The first kappa shape index (κ1) is 16.5. The SMILES string of the molecule is CC(CN)CC(=O)N(C)Cc1ccc(C(F)(F)F)cc1. The van der Waals surface area contributed by atoms with Crippen LogP contribution in [0.15, 0.2) is 24.3 Å². The molecule has 3 nitrogen and oxygen atoms in total. The van der Waals surface area contributed by atoms with Crippen molar-refractivity contribution in [2.24, 2.45) is 11.7 Å². The van der Waals surface area contributed by atoms with Crippen LogP contribution in [0.2, 0.25) is 0 Å². The van der Waals surface area contributed by atoms with Gasteiger partial charge in [0.25, 0.3) is 0 Å². The molecule has 1 atom stereocenters. The number of amides is 1. The number of hydrogen-bond donors (Lipinski definition) is 1. The third-order valence-electron chi connectivity index (χ3n) is 3.05. The Balaban J connectivity index is 2.62. The van der Waals surface area contributed by atoms with E-state index in [2.05, 4.69) is 0 Å². The second kappa shape index (κ2) is 6.74. The second-order valence-corrected chi connectivity index (χ2v) is 4.99. The highest BCUT2D eigenvalue weighted by Gasteiger charge is 2.29. The monoisotopic (exact) mass is 288 g/mol. The highest BCUT2D eigenvalue weighted by Crippen LogP contribution is 2.29. The van der Waals surface area contributed by atoms with Gasteiger partial charge < -0.3 is 10.6 Å². The lowest BCUT2D eigenvalue weighted by atomic mass is 10.1. The number of nitrogens with zero attached hydrogens (tertiary/aromatic N) is 1. The van der Waals surface area contributed by atoms with E-state index in [4.69, 9.17) is 5.73 Å². The number of halogens is 3. The molecule has 1 aromatic rings. The highest BCUT2D eigenvalue weighted by molar-refractivity contribution is 5.76. The molecule has 1 amide bonds. The minimum absolute atomic E-state index is 0.0668. The number of benzene rings is 1. The van der Waals surface area contributed by atoms with E-state index >= 15 is 0 Å². The van der Waals surface area contributed by atoms with Crippen LogP contribution in [0.25, 0.3) is 0 Å². The van der Waals surface area contributed by atoms with Crippen LogP contribution in [-0.4, -0.2) is 24.4 Å². The van der Waals surface area contributed by atoms with E-state index in [0.717, 1.165) is 12.1 Å². The van der Waals surface area contributed by atoms with E-state index in [-0.39, 0.29) is 18.4 Å². The van der Waals surface area contributed by atoms with Crippen LogP contribution >= 0.6 is 0 Å². The van der Waals surface area contributed by atoms with Gasteiger partial charge in [-0.25, -0.2) is 0 Å². The molecule has 112 valence electrons. The zero-order valence-electron chi connectivity index (χ0n) is 11.6. The zero-order valence-corrected chi connectivity index (χ0v) is 11.6. The highest BCUT2D eigenvalue weighted by atomic mass is 19.4. The molecule has 0 saturated carbocycles. The molecule has 0 aliphatic carbocycles. The van der Waals surface area contributed by atoms with Crippen molar-refractivity contribution in [1.29, 1.82) is 0 Å². The predicted molar refractivity (Wildman–Crippen MR) is 70.8 cm³/mol. The molecule has 0 bridgehead atoms. The average Bonchev–Trinajstić information content (AvgIpc) is 2.38. The summed E-state index contributed by atoms with van der Waals surface area (Å²) >= 11 is 0. The van der Waals surface area contributed by atoms with Crippen molar-refractivity contribution in [3.63, 3.8) is 0 Å². The van der Waals surface area contributed by atoms with Crippen LogP contribution in [0.4, 0.5) is 13.2 Å². The molecule has 0 radical (unpaired) electrons. The van der Waals surface area contributed by atoms with Crippen LogP contribution in [0.1, 0.15) is 24.5 Å². The number of rotatable bonds is 5. The van der Waals surface area contributed by atoms with Gasteiger partial charge in [0.2, 0.25) is 5.91 Å². The first-order chi connectivity index (χ1) is 9.24. The summed E-state index contributed by atoms with van der Waals surface area (Å²) in [7, 11) is 1.63. The van der Waals surface area contributed by atoms with Crippen molar-refractivity contribution >= 4 is 5.91 Å².